The highest BCUT2D eigenvalue weighted by molar-refractivity contribution is 6.30. The molecule has 0 bridgehead atoms. The third-order valence-electron chi connectivity index (χ3n) is 3.65. The summed E-state index contributed by atoms with van der Waals surface area (Å²) in [6.45, 7) is 7.01. The molecule has 1 aliphatic heterocycles. The standard InChI is InChI=1S/C16H22ClN3O/c1-2-9-18-16(21)19-15-7-10-20(11-8-15)12-13-3-5-14(17)6-4-13/h2-6,15H,1,7-12H2,(H2,18,19,21). The van der Waals surface area contributed by atoms with Crippen molar-refractivity contribution in [2.75, 3.05) is 19.6 Å². The molecule has 1 heterocycles. The summed E-state index contributed by atoms with van der Waals surface area (Å²) in [7, 11) is 0. The van der Waals surface area contributed by atoms with E-state index in [4.69, 9.17) is 11.6 Å². The van der Waals surface area contributed by atoms with Gasteiger partial charge in [0.1, 0.15) is 0 Å². The Morgan fingerprint density at radius 2 is 2.00 bits per heavy atom. The van der Waals surface area contributed by atoms with Crippen molar-refractivity contribution < 1.29 is 4.79 Å². The van der Waals surface area contributed by atoms with E-state index in [2.05, 4.69) is 34.2 Å². The van der Waals surface area contributed by atoms with E-state index >= 15 is 0 Å². The first-order chi connectivity index (χ1) is 10.2. The number of carbonyl (C=O) groups is 1. The molecule has 0 saturated carbocycles. The van der Waals surface area contributed by atoms with Gasteiger partial charge in [0.2, 0.25) is 0 Å². The number of hydrogen-bond acceptors (Lipinski definition) is 2. The average molecular weight is 308 g/mol. The van der Waals surface area contributed by atoms with Gasteiger partial charge >= 0.3 is 6.03 Å². The van der Waals surface area contributed by atoms with Crippen LogP contribution in [0.15, 0.2) is 36.9 Å². The van der Waals surface area contributed by atoms with Crippen molar-refractivity contribution in [3.63, 3.8) is 0 Å². The van der Waals surface area contributed by atoms with E-state index in [1.54, 1.807) is 6.08 Å². The van der Waals surface area contributed by atoms with Crippen LogP contribution in [0.25, 0.3) is 0 Å². The topological polar surface area (TPSA) is 44.4 Å². The van der Waals surface area contributed by atoms with E-state index in [0.29, 0.717) is 6.54 Å². The molecule has 0 radical (unpaired) electrons. The van der Waals surface area contributed by atoms with Gasteiger partial charge in [-0.2, -0.15) is 0 Å². The van der Waals surface area contributed by atoms with Crippen molar-refractivity contribution in [2.24, 2.45) is 0 Å². The Morgan fingerprint density at radius 1 is 1.33 bits per heavy atom. The summed E-state index contributed by atoms with van der Waals surface area (Å²) in [5.41, 5.74) is 1.27. The summed E-state index contributed by atoms with van der Waals surface area (Å²) in [5.74, 6) is 0. The Balaban J connectivity index is 1.71. The van der Waals surface area contributed by atoms with Gasteiger partial charge in [0.05, 0.1) is 0 Å². The van der Waals surface area contributed by atoms with Crippen LogP contribution in [0.5, 0.6) is 0 Å². The van der Waals surface area contributed by atoms with Gasteiger partial charge in [-0.05, 0) is 30.5 Å². The van der Waals surface area contributed by atoms with Crippen LogP contribution in [0.3, 0.4) is 0 Å². The van der Waals surface area contributed by atoms with Crippen molar-refractivity contribution in [1.82, 2.24) is 15.5 Å². The van der Waals surface area contributed by atoms with Crippen molar-refractivity contribution in [1.29, 1.82) is 0 Å². The van der Waals surface area contributed by atoms with E-state index in [-0.39, 0.29) is 12.1 Å². The fraction of sp³-hybridized carbons (Fsp3) is 0.438. The zero-order valence-corrected chi connectivity index (χ0v) is 12.9. The van der Waals surface area contributed by atoms with Crippen LogP contribution in [0.4, 0.5) is 4.79 Å². The lowest BCUT2D eigenvalue weighted by atomic mass is 10.0. The maximum atomic E-state index is 11.6. The molecule has 1 fully saturated rings. The number of carbonyl (C=O) groups excluding carboxylic acids is 1. The molecule has 1 saturated heterocycles. The largest absolute Gasteiger partial charge is 0.335 e. The Morgan fingerprint density at radius 3 is 2.62 bits per heavy atom. The van der Waals surface area contributed by atoms with Gasteiger partial charge in [-0.15, -0.1) is 6.58 Å². The summed E-state index contributed by atoms with van der Waals surface area (Å²) in [6, 6.07) is 8.14. The van der Waals surface area contributed by atoms with Crippen LogP contribution in [0.1, 0.15) is 18.4 Å². The number of nitrogens with zero attached hydrogens (tertiary/aromatic N) is 1. The Hall–Kier alpha value is -1.52. The van der Waals surface area contributed by atoms with Crippen LogP contribution >= 0.6 is 11.6 Å². The van der Waals surface area contributed by atoms with Gasteiger partial charge in [-0.25, -0.2) is 4.79 Å². The van der Waals surface area contributed by atoms with Crippen LogP contribution in [-0.4, -0.2) is 36.6 Å². The first kappa shape index (κ1) is 15.9. The quantitative estimate of drug-likeness (QED) is 0.822. The highest BCUT2D eigenvalue weighted by Gasteiger charge is 2.20. The van der Waals surface area contributed by atoms with E-state index in [1.165, 1.54) is 5.56 Å². The van der Waals surface area contributed by atoms with Crippen LogP contribution in [0, 0.1) is 0 Å². The van der Waals surface area contributed by atoms with Gasteiger partial charge in [0.15, 0.2) is 0 Å². The number of halogens is 1. The molecule has 0 unspecified atom stereocenters. The Bertz CT molecular complexity index is 467. The molecule has 0 aliphatic carbocycles. The molecule has 1 aliphatic rings. The summed E-state index contributed by atoms with van der Waals surface area (Å²) in [6.07, 6.45) is 3.64. The second kappa shape index (κ2) is 8.05. The first-order valence-corrected chi connectivity index (χ1v) is 7.67. The minimum atomic E-state index is -0.106. The molecule has 2 rings (SSSR count). The smallest absolute Gasteiger partial charge is 0.315 e. The van der Waals surface area contributed by atoms with E-state index < -0.39 is 0 Å². The van der Waals surface area contributed by atoms with Gasteiger partial charge in [-0.1, -0.05) is 29.8 Å². The predicted molar refractivity (Wildman–Crippen MR) is 86.5 cm³/mol. The lowest BCUT2D eigenvalue weighted by Gasteiger charge is -2.32. The number of amides is 2. The molecule has 2 N–H and O–H groups in total. The van der Waals surface area contributed by atoms with E-state index in [0.717, 1.165) is 37.5 Å². The Labute approximate surface area is 131 Å². The van der Waals surface area contributed by atoms with Crippen molar-refractivity contribution in [2.45, 2.75) is 25.4 Å². The summed E-state index contributed by atoms with van der Waals surface area (Å²) in [5, 5.41) is 6.52. The number of benzene rings is 1. The molecule has 4 nitrogen and oxygen atoms in total. The molecular weight excluding hydrogens is 286 g/mol. The van der Waals surface area contributed by atoms with E-state index in [1.807, 2.05) is 12.1 Å². The SMILES string of the molecule is C=CCNC(=O)NC1CCN(Cc2ccc(Cl)cc2)CC1. The fourth-order valence-corrected chi connectivity index (χ4v) is 2.61. The number of rotatable bonds is 5. The Kier molecular flexibility index (Phi) is 6.08. The fourth-order valence-electron chi connectivity index (χ4n) is 2.48. The third-order valence-corrected chi connectivity index (χ3v) is 3.90. The maximum absolute atomic E-state index is 11.6. The zero-order chi connectivity index (χ0) is 15.1. The second-order valence-electron chi connectivity index (χ2n) is 5.32. The lowest BCUT2D eigenvalue weighted by Crippen LogP contribution is -2.47. The normalized spacial score (nSPS) is 16.4. The van der Waals surface area contributed by atoms with Crippen molar-refractivity contribution >= 4 is 17.6 Å². The molecule has 0 spiro atoms. The lowest BCUT2D eigenvalue weighted by molar-refractivity contribution is 0.187. The monoisotopic (exact) mass is 307 g/mol. The van der Waals surface area contributed by atoms with Gasteiger partial charge in [-0.3, -0.25) is 4.90 Å². The zero-order valence-electron chi connectivity index (χ0n) is 12.1. The first-order valence-electron chi connectivity index (χ1n) is 7.29. The highest BCUT2D eigenvalue weighted by Crippen LogP contribution is 2.15. The second-order valence-corrected chi connectivity index (χ2v) is 5.76. The molecular formula is C16H22ClN3O. The third kappa shape index (κ3) is 5.40. The average Bonchev–Trinajstić information content (AvgIpc) is 2.49. The number of urea groups is 1. The van der Waals surface area contributed by atoms with Gasteiger partial charge in [0.25, 0.3) is 0 Å². The number of likely N-dealkylation sites (tertiary alicyclic amines) is 1. The summed E-state index contributed by atoms with van der Waals surface area (Å²) in [4.78, 5) is 14.0. The van der Waals surface area contributed by atoms with Crippen molar-refractivity contribution in [3.05, 3.63) is 47.5 Å². The predicted octanol–water partition coefficient (Wildman–Crippen LogP) is 2.79. The summed E-state index contributed by atoms with van der Waals surface area (Å²) < 4.78 is 0. The number of piperidine rings is 1. The van der Waals surface area contributed by atoms with Crippen LogP contribution < -0.4 is 10.6 Å². The number of hydrogen-bond donors (Lipinski definition) is 2. The molecule has 114 valence electrons. The van der Waals surface area contributed by atoms with Crippen LogP contribution in [-0.2, 0) is 6.54 Å². The van der Waals surface area contributed by atoms with Crippen LogP contribution in [0.2, 0.25) is 5.02 Å². The molecule has 0 atom stereocenters. The maximum Gasteiger partial charge on any atom is 0.315 e. The molecule has 1 aromatic rings. The molecule has 21 heavy (non-hydrogen) atoms. The van der Waals surface area contributed by atoms with E-state index in [9.17, 15) is 4.79 Å². The highest BCUT2D eigenvalue weighted by atomic mass is 35.5. The molecule has 1 aromatic carbocycles. The summed E-state index contributed by atoms with van der Waals surface area (Å²) >= 11 is 5.89. The molecule has 0 aromatic heterocycles. The number of nitrogens with one attached hydrogen (secondary N) is 2. The van der Waals surface area contributed by atoms with Gasteiger partial charge in [0, 0.05) is 37.2 Å². The minimum Gasteiger partial charge on any atom is -0.335 e. The minimum absolute atomic E-state index is 0.106. The molecule has 5 heteroatoms. The molecule has 2 amide bonds. The van der Waals surface area contributed by atoms with Crippen molar-refractivity contribution in [3.8, 4) is 0 Å². The van der Waals surface area contributed by atoms with Gasteiger partial charge < -0.3 is 10.6 Å².